The average Bonchev–Trinajstić information content (AvgIpc) is 3.72. The second-order valence-corrected chi connectivity index (χ2v) is 15.6. The predicted octanol–water partition coefficient (Wildman–Crippen LogP) is 12.5. The molecule has 0 radical (unpaired) electrons. The minimum absolute atomic E-state index is 0.0979. The van der Waals surface area contributed by atoms with E-state index in [-0.39, 0.29) is 10.8 Å². The number of rotatable bonds is 3. The Kier molecular flexibility index (Phi) is 5.88. The molecule has 0 unspecified atom stereocenters. The van der Waals surface area contributed by atoms with E-state index in [4.69, 9.17) is 9.97 Å². The first kappa shape index (κ1) is 28.6. The molecule has 0 saturated carbocycles. The van der Waals surface area contributed by atoms with Crippen molar-refractivity contribution in [3.8, 4) is 56.2 Å². The van der Waals surface area contributed by atoms with Crippen LogP contribution in [-0.4, -0.2) is 9.97 Å². The van der Waals surface area contributed by atoms with Gasteiger partial charge in [0.25, 0.3) is 0 Å². The molecule has 6 aromatic carbocycles. The van der Waals surface area contributed by atoms with Crippen LogP contribution in [0.2, 0.25) is 0 Å². The van der Waals surface area contributed by atoms with E-state index >= 15 is 0 Å². The van der Waals surface area contributed by atoms with Crippen molar-refractivity contribution in [3.05, 3.63) is 156 Å². The largest absolute Gasteiger partial charge is 0.228 e. The molecule has 0 fully saturated rings. The molecule has 0 amide bonds. The molecular formula is C46H34N2S. The number of fused-ring (bicyclic) bond motifs is 9. The van der Waals surface area contributed by atoms with E-state index in [0.29, 0.717) is 0 Å². The zero-order chi connectivity index (χ0) is 33.1. The van der Waals surface area contributed by atoms with E-state index in [2.05, 4.69) is 161 Å². The monoisotopic (exact) mass is 646 g/mol. The Morgan fingerprint density at radius 2 is 1.00 bits per heavy atom. The molecule has 0 bridgehead atoms. The summed E-state index contributed by atoms with van der Waals surface area (Å²) in [5, 5.41) is 2.56. The van der Waals surface area contributed by atoms with Gasteiger partial charge in [-0.2, -0.15) is 0 Å². The Morgan fingerprint density at radius 3 is 1.84 bits per heavy atom. The summed E-state index contributed by atoms with van der Waals surface area (Å²) in [6.07, 6.45) is 0. The number of benzene rings is 6. The van der Waals surface area contributed by atoms with Crippen LogP contribution in [0.4, 0.5) is 0 Å². The third-order valence-electron chi connectivity index (χ3n) is 11.1. The molecule has 2 aliphatic rings. The molecular weight excluding hydrogens is 613 g/mol. The van der Waals surface area contributed by atoms with Crippen LogP contribution in [0.1, 0.15) is 49.9 Å². The fourth-order valence-electron chi connectivity index (χ4n) is 8.79. The molecule has 234 valence electrons. The fourth-order valence-corrected chi connectivity index (χ4v) is 10.0. The molecule has 0 N–H and O–H groups in total. The van der Waals surface area contributed by atoms with Gasteiger partial charge in [-0.1, -0.05) is 149 Å². The second kappa shape index (κ2) is 10.1. The summed E-state index contributed by atoms with van der Waals surface area (Å²) in [6.45, 7) is 9.36. The highest BCUT2D eigenvalue weighted by Crippen LogP contribution is 2.54. The number of thiophene rings is 1. The van der Waals surface area contributed by atoms with Crippen LogP contribution in [0, 0.1) is 0 Å². The zero-order valence-electron chi connectivity index (χ0n) is 28.0. The normalized spacial score (nSPS) is 14.9. The molecule has 2 aliphatic carbocycles. The lowest BCUT2D eigenvalue weighted by molar-refractivity contribution is 0.660. The van der Waals surface area contributed by atoms with Gasteiger partial charge in [0.2, 0.25) is 0 Å². The third kappa shape index (κ3) is 3.94. The number of hydrogen-bond donors (Lipinski definition) is 0. The topological polar surface area (TPSA) is 25.8 Å². The van der Waals surface area contributed by atoms with Gasteiger partial charge in [-0.15, -0.1) is 11.3 Å². The Morgan fingerprint density at radius 1 is 0.449 bits per heavy atom. The van der Waals surface area contributed by atoms with Crippen LogP contribution < -0.4 is 0 Å². The van der Waals surface area contributed by atoms with Gasteiger partial charge < -0.3 is 0 Å². The molecule has 0 spiro atoms. The molecule has 2 heterocycles. The number of aromatic nitrogens is 2. The maximum atomic E-state index is 5.52. The summed E-state index contributed by atoms with van der Waals surface area (Å²) in [7, 11) is 0. The highest BCUT2D eigenvalue weighted by Gasteiger charge is 2.39. The standard InChI is InChI=1S/C46H34N2S/c1-45(2)36-23-9-6-16-31(36)41-32(19-13-24-37(41)45)38-26-39(33-20-12-18-30-28-15-7-10-25-40(28)49-43(30)33)48-44(47-38)34-21-11-17-29-27-14-5-8-22-35(27)46(3,4)42(29)34/h5-26H,1-4H3. The lowest BCUT2D eigenvalue weighted by Crippen LogP contribution is -2.16. The summed E-state index contributed by atoms with van der Waals surface area (Å²) in [5.41, 5.74) is 15.5. The van der Waals surface area contributed by atoms with E-state index in [9.17, 15) is 0 Å². The predicted molar refractivity (Wildman–Crippen MR) is 206 cm³/mol. The van der Waals surface area contributed by atoms with Crippen LogP contribution in [0.15, 0.2) is 133 Å². The van der Waals surface area contributed by atoms with Crippen molar-refractivity contribution < 1.29 is 0 Å². The van der Waals surface area contributed by atoms with Gasteiger partial charge in [0.05, 0.1) is 11.4 Å². The minimum Gasteiger partial charge on any atom is -0.228 e. The van der Waals surface area contributed by atoms with Crippen molar-refractivity contribution in [3.63, 3.8) is 0 Å². The molecule has 0 aliphatic heterocycles. The van der Waals surface area contributed by atoms with Crippen LogP contribution in [0.5, 0.6) is 0 Å². The van der Waals surface area contributed by atoms with Gasteiger partial charge in [0.15, 0.2) is 5.82 Å². The van der Waals surface area contributed by atoms with E-state index in [0.717, 1.165) is 33.9 Å². The number of nitrogens with zero attached hydrogens (tertiary/aromatic N) is 2. The Labute approximate surface area is 290 Å². The summed E-state index contributed by atoms with van der Waals surface area (Å²) >= 11 is 1.85. The van der Waals surface area contributed by atoms with Crippen molar-refractivity contribution >= 4 is 31.5 Å². The van der Waals surface area contributed by atoms with Gasteiger partial charge in [-0.3, -0.25) is 0 Å². The maximum absolute atomic E-state index is 5.52. The molecule has 3 heteroatoms. The van der Waals surface area contributed by atoms with E-state index in [1.165, 1.54) is 64.7 Å². The molecule has 2 nitrogen and oxygen atoms in total. The van der Waals surface area contributed by atoms with Gasteiger partial charge in [-0.05, 0) is 56.6 Å². The van der Waals surface area contributed by atoms with Crippen molar-refractivity contribution in [2.75, 3.05) is 0 Å². The SMILES string of the molecule is CC1(C)c2ccccc2-c2c(-c3cc(-c4cccc5c4sc4ccccc45)nc(-c4cccc5c4C(C)(C)c4ccccc4-5)n3)cccc21. The minimum atomic E-state index is -0.190. The van der Waals surface area contributed by atoms with E-state index in [1.807, 2.05) is 11.3 Å². The molecule has 0 atom stereocenters. The van der Waals surface area contributed by atoms with Crippen molar-refractivity contribution in [1.82, 2.24) is 9.97 Å². The Balaban J connectivity index is 1.28. The van der Waals surface area contributed by atoms with Crippen LogP contribution in [0.3, 0.4) is 0 Å². The fraction of sp³-hybridized carbons (Fsp3) is 0.130. The van der Waals surface area contributed by atoms with E-state index < -0.39 is 0 Å². The summed E-state index contributed by atoms with van der Waals surface area (Å²) in [5.74, 6) is 0.770. The molecule has 49 heavy (non-hydrogen) atoms. The van der Waals surface area contributed by atoms with Gasteiger partial charge in [-0.25, -0.2) is 9.97 Å². The Bertz CT molecular complexity index is 2670. The lowest BCUT2D eigenvalue weighted by Gasteiger charge is -2.24. The smallest absolute Gasteiger partial charge is 0.160 e. The lowest BCUT2D eigenvalue weighted by atomic mass is 9.80. The Hall–Kier alpha value is -5.38. The first-order valence-electron chi connectivity index (χ1n) is 17.1. The quantitative estimate of drug-likeness (QED) is 0.191. The first-order chi connectivity index (χ1) is 23.8. The maximum Gasteiger partial charge on any atom is 0.160 e. The first-order valence-corrected chi connectivity index (χ1v) is 17.9. The van der Waals surface area contributed by atoms with E-state index in [1.54, 1.807) is 0 Å². The summed E-state index contributed by atoms with van der Waals surface area (Å²) < 4.78 is 2.55. The molecule has 8 aromatic rings. The second-order valence-electron chi connectivity index (χ2n) is 14.5. The highest BCUT2D eigenvalue weighted by atomic mass is 32.1. The van der Waals surface area contributed by atoms with Crippen LogP contribution in [0.25, 0.3) is 76.3 Å². The molecule has 0 saturated heterocycles. The molecule has 10 rings (SSSR count). The van der Waals surface area contributed by atoms with Gasteiger partial charge in [0, 0.05) is 47.7 Å². The highest BCUT2D eigenvalue weighted by molar-refractivity contribution is 7.26. The molecule has 2 aromatic heterocycles. The van der Waals surface area contributed by atoms with Crippen molar-refractivity contribution in [1.29, 1.82) is 0 Å². The summed E-state index contributed by atoms with van der Waals surface area (Å²) in [4.78, 5) is 11.0. The summed E-state index contributed by atoms with van der Waals surface area (Å²) in [6, 6.07) is 48.7. The zero-order valence-corrected chi connectivity index (χ0v) is 28.8. The number of hydrogen-bond acceptors (Lipinski definition) is 3. The van der Waals surface area contributed by atoms with Gasteiger partial charge >= 0.3 is 0 Å². The van der Waals surface area contributed by atoms with Crippen LogP contribution in [-0.2, 0) is 10.8 Å². The van der Waals surface area contributed by atoms with Gasteiger partial charge in [0.1, 0.15) is 0 Å². The average molecular weight is 647 g/mol. The van der Waals surface area contributed by atoms with Crippen molar-refractivity contribution in [2.45, 2.75) is 38.5 Å². The van der Waals surface area contributed by atoms with Crippen molar-refractivity contribution in [2.24, 2.45) is 0 Å². The third-order valence-corrected chi connectivity index (χ3v) is 12.3. The van der Waals surface area contributed by atoms with Crippen LogP contribution >= 0.6 is 11.3 Å².